The molecule has 1 aliphatic heterocycles. The lowest BCUT2D eigenvalue weighted by atomic mass is 10.1. The highest BCUT2D eigenvalue weighted by molar-refractivity contribution is 5.76. The highest BCUT2D eigenvalue weighted by atomic mass is 16.7. The van der Waals surface area contributed by atoms with Crippen molar-refractivity contribution in [2.24, 2.45) is 5.92 Å². The monoisotopic (exact) mass is 421 g/mol. The molecule has 7 heteroatoms. The van der Waals surface area contributed by atoms with E-state index in [1.165, 1.54) is 5.56 Å². The second kappa shape index (κ2) is 9.64. The minimum absolute atomic E-state index is 0.154. The predicted molar refractivity (Wildman–Crippen MR) is 116 cm³/mol. The Bertz CT molecular complexity index is 1020. The highest BCUT2D eigenvalue weighted by Crippen LogP contribution is 2.35. The van der Waals surface area contributed by atoms with Crippen LogP contribution in [0.5, 0.6) is 11.5 Å². The van der Waals surface area contributed by atoms with Crippen LogP contribution in [0.25, 0.3) is 11.4 Å². The van der Waals surface area contributed by atoms with Crippen molar-refractivity contribution in [3.63, 3.8) is 0 Å². The minimum atomic E-state index is 0.154. The molecule has 2 heterocycles. The number of hydrogen-bond donors (Lipinski definition) is 0. The van der Waals surface area contributed by atoms with Gasteiger partial charge in [0.25, 0.3) is 0 Å². The molecule has 162 valence electrons. The molecule has 7 nitrogen and oxygen atoms in total. The first-order valence-corrected chi connectivity index (χ1v) is 10.6. The van der Waals surface area contributed by atoms with Gasteiger partial charge in [0.05, 0.1) is 0 Å². The lowest BCUT2D eigenvalue weighted by molar-refractivity contribution is -0.132. The van der Waals surface area contributed by atoms with Crippen molar-refractivity contribution in [2.75, 3.05) is 19.9 Å². The van der Waals surface area contributed by atoms with Crippen molar-refractivity contribution >= 4 is 5.91 Å². The Morgan fingerprint density at radius 2 is 1.81 bits per heavy atom. The zero-order chi connectivity index (χ0) is 21.6. The fourth-order valence-corrected chi connectivity index (χ4v) is 3.49. The molecule has 31 heavy (non-hydrogen) atoms. The first-order chi connectivity index (χ1) is 15.1. The van der Waals surface area contributed by atoms with Crippen LogP contribution in [-0.4, -0.2) is 40.8 Å². The molecule has 0 fully saturated rings. The smallest absolute Gasteiger partial charge is 0.231 e. The second-order valence-electron chi connectivity index (χ2n) is 8.04. The largest absolute Gasteiger partial charge is 0.454 e. The van der Waals surface area contributed by atoms with E-state index in [1.807, 2.05) is 41.3 Å². The SMILES string of the molecule is CC(C)CC(=O)N(CCc1ccccc1)CCc1nc(-c2ccc3c(c2)OCO3)no1. The molecule has 1 aliphatic rings. The minimum Gasteiger partial charge on any atom is -0.454 e. The summed E-state index contributed by atoms with van der Waals surface area (Å²) in [6, 6.07) is 15.8. The Kier molecular flexibility index (Phi) is 6.50. The zero-order valence-corrected chi connectivity index (χ0v) is 17.9. The van der Waals surface area contributed by atoms with E-state index >= 15 is 0 Å². The van der Waals surface area contributed by atoms with Crippen molar-refractivity contribution in [1.29, 1.82) is 0 Å². The molecular formula is C24H27N3O4. The van der Waals surface area contributed by atoms with Crippen LogP contribution in [0.3, 0.4) is 0 Å². The topological polar surface area (TPSA) is 77.7 Å². The maximum Gasteiger partial charge on any atom is 0.231 e. The lowest BCUT2D eigenvalue weighted by Gasteiger charge is -2.23. The van der Waals surface area contributed by atoms with E-state index in [-0.39, 0.29) is 12.7 Å². The van der Waals surface area contributed by atoms with Gasteiger partial charge in [0.2, 0.25) is 24.4 Å². The molecule has 1 aromatic heterocycles. The molecule has 1 amide bonds. The van der Waals surface area contributed by atoms with Gasteiger partial charge < -0.3 is 18.9 Å². The van der Waals surface area contributed by atoms with Crippen molar-refractivity contribution in [2.45, 2.75) is 33.1 Å². The summed E-state index contributed by atoms with van der Waals surface area (Å²) in [5.41, 5.74) is 2.02. The van der Waals surface area contributed by atoms with Crippen LogP contribution >= 0.6 is 0 Å². The van der Waals surface area contributed by atoms with Gasteiger partial charge in [0, 0.05) is 31.5 Å². The first-order valence-electron chi connectivity index (χ1n) is 10.6. The average Bonchev–Trinajstić information content (AvgIpc) is 3.43. The molecule has 4 rings (SSSR count). The summed E-state index contributed by atoms with van der Waals surface area (Å²) in [7, 11) is 0. The molecule has 2 aromatic carbocycles. The predicted octanol–water partition coefficient (Wildman–Crippen LogP) is 4.13. The van der Waals surface area contributed by atoms with Crippen molar-refractivity contribution in [1.82, 2.24) is 15.0 Å². The first kappa shape index (κ1) is 20.9. The molecule has 0 spiro atoms. The quantitative estimate of drug-likeness (QED) is 0.517. The Morgan fingerprint density at radius 1 is 1.03 bits per heavy atom. The number of carbonyl (C=O) groups is 1. The van der Waals surface area contributed by atoms with Crippen molar-refractivity contribution in [3.8, 4) is 22.9 Å². The van der Waals surface area contributed by atoms with Crippen LogP contribution in [0.2, 0.25) is 0 Å². The van der Waals surface area contributed by atoms with Crippen molar-refractivity contribution < 1.29 is 18.8 Å². The summed E-state index contributed by atoms with van der Waals surface area (Å²) in [5.74, 6) is 2.86. The molecule has 0 atom stereocenters. The summed E-state index contributed by atoms with van der Waals surface area (Å²) in [5, 5.41) is 4.09. The van der Waals surface area contributed by atoms with Gasteiger partial charge >= 0.3 is 0 Å². The number of rotatable bonds is 9. The van der Waals surface area contributed by atoms with E-state index in [4.69, 9.17) is 14.0 Å². The number of hydrogen-bond acceptors (Lipinski definition) is 6. The van der Waals surface area contributed by atoms with E-state index in [0.717, 1.165) is 12.0 Å². The lowest BCUT2D eigenvalue weighted by Crippen LogP contribution is -2.35. The second-order valence-corrected chi connectivity index (χ2v) is 8.04. The van der Waals surface area contributed by atoms with Gasteiger partial charge in [-0.1, -0.05) is 49.3 Å². The Labute approximate surface area is 182 Å². The number of amides is 1. The van der Waals surface area contributed by atoms with E-state index in [1.54, 1.807) is 0 Å². The fraction of sp³-hybridized carbons (Fsp3) is 0.375. The maximum absolute atomic E-state index is 12.8. The van der Waals surface area contributed by atoms with Gasteiger partial charge in [-0.25, -0.2) is 0 Å². The van der Waals surface area contributed by atoms with Gasteiger partial charge in [0.15, 0.2) is 11.5 Å². The Morgan fingerprint density at radius 3 is 2.61 bits per heavy atom. The third kappa shape index (κ3) is 5.42. The normalized spacial score (nSPS) is 12.4. The summed E-state index contributed by atoms with van der Waals surface area (Å²) < 4.78 is 16.2. The number of carbonyl (C=O) groups excluding carboxylic acids is 1. The third-order valence-electron chi connectivity index (χ3n) is 5.14. The molecule has 0 radical (unpaired) electrons. The third-order valence-corrected chi connectivity index (χ3v) is 5.14. The van der Waals surface area contributed by atoms with Gasteiger partial charge in [-0.05, 0) is 36.1 Å². The number of aromatic nitrogens is 2. The Balaban J connectivity index is 1.40. The fourth-order valence-electron chi connectivity index (χ4n) is 3.49. The summed E-state index contributed by atoms with van der Waals surface area (Å²) in [4.78, 5) is 19.2. The van der Waals surface area contributed by atoms with E-state index in [0.29, 0.717) is 55.1 Å². The van der Waals surface area contributed by atoms with Crippen LogP contribution in [-0.2, 0) is 17.6 Å². The number of benzene rings is 2. The summed E-state index contributed by atoms with van der Waals surface area (Å²) >= 11 is 0. The van der Waals surface area contributed by atoms with Crippen LogP contribution < -0.4 is 9.47 Å². The standard InChI is InChI=1S/C24H27N3O4/c1-17(2)14-23(28)27(12-10-18-6-4-3-5-7-18)13-11-22-25-24(26-31-22)19-8-9-20-21(15-19)30-16-29-20/h3-9,15,17H,10-14,16H2,1-2H3. The molecular weight excluding hydrogens is 394 g/mol. The number of ether oxygens (including phenoxy) is 2. The number of nitrogens with zero attached hydrogens (tertiary/aromatic N) is 3. The number of fused-ring (bicyclic) bond motifs is 1. The van der Waals surface area contributed by atoms with Crippen molar-refractivity contribution in [3.05, 3.63) is 60.0 Å². The summed E-state index contributed by atoms with van der Waals surface area (Å²) in [6.45, 7) is 5.55. The van der Waals surface area contributed by atoms with E-state index in [9.17, 15) is 4.79 Å². The van der Waals surface area contributed by atoms with Crippen LogP contribution in [0.1, 0.15) is 31.7 Å². The van der Waals surface area contributed by atoms with Gasteiger partial charge in [-0.2, -0.15) is 4.98 Å². The molecule has 0 N–H and O–H groups in total. The molecule has 0 bridgehead atoms. The highest BCUT2D eigenvalue weighted by Gasteiger charge is 2.19. The average molecular weight is 421 g/mol. The molecule has 0 saturated carbocycles. The van der Waals surface area contributed by atoms with Gasteiger partial charge in [-0.15, -0.1) is 0 Å². The molecule has 0 unspecified atom stereocenters. The zero-order valence-electron chi connectivity index (χ0n) is 17.9. The molecule has 0 saturated heterocycles. The molecule has 0 aliphatic carbocycles. The van der Waals surface area contributed by atoms with Crippen LogP contribution in [0.4, 0.5) is 0 Å². The maximum atomic E-state index is 12.8. The van der Waals surface area contributed by atoms with Gasteiger partial charge in [0.1, 0.15) is 0 Å². The molecule has 3 aromatic rings. The van der Waals surface area contributed by atoms with E-state index in [2.05, 4.69) is 36.1 Å². The summed E-state index contributed by atoms with van der Waals surface area (Å²) in [6.07, 6.45) is 1.86. The Hall–Kier alpha value is -3.35. The van der Waals surface area contributed by atoms with Crippen LogP contribution in [0.15, 0.2) is 53.1 Å². The van der Waals surface area contributed by atoms with Crippen LogP contribution in [0, 0.1) is 5.92 Å². The van der Waals surface area contributed by atoms with E-state index < -0.39 is 0 Å². The van der Waals surface area contributed by atoms with Gasteiger partial charge in [-0.3, -0.25) is 4.79 Å².